The number of hydrogen-bond acceptors (Lipinski definition) is 4. The molecule has 0 heterocycles. The first-order valence-electron chi connectivity index (χ1n) is 7.40. The van der Waals surface area contributed by atoms with E-state index in [9.17, 15) is 4.79 Å². The quantitative estimate of drug-likeness (QED) is 0.627. The molecule has 0 aromatic carbocycles. The van der Waals surface area contributed by atoms with Crippen LogP contribution in [0, 0.1) is 23.2 Å². The first-order valence-corrected chi connectivity index (χ1v) is 7.40. The van der Waals surface area contributed by atoms with Gasteiger partial charge in [0, 0.05) is 26.6 Å². The Morgan fingerprint density at radius 1 is 1.35 bits per heavy atom. The lowest BCUT2D eigenvalue weighted by Gasteiger charge is -2.24. The highest BCUT2D eigenvalue weighted by Crippen LogP contribution is 2.20. The highest BCUT2D eigenvalue weighted by molar-refractivity contribution is 5.76. The number of ether oxygens (including phenoxy) is 1. The SMILES string of the molecule is COCCN(CCC#N)C(=O)CCC(CCN)C(C)C. The molecule has 116 valence electrons. The second-order valence-electron chi connectivity index (χ2n) is 5.40. The van der Waals surface area contributed by atoms with Crippen molar-refractivity contribution in [3.63, 3.8) is 0 Å². The second kappa shape index (κ2) is 11.7. The minimum absolute atomic E-state index is 0.111. The van der Waals surface area contributed by atoms with E-state index in [1.165, 1.54) is 0 Å². The minimum Gasteiger partial charge on any atom is -0.383 e. The van der Waals surface area contributed by atoms with Gasteiger partial charge in [-0.3, -0.25) is 4.79 Å². The van der Waals surface area contributed by atoms with E-state index >= 15 is 0 Å². The summed E-state index contributed by atoms with van der Waals surface area (Å²) >= 11 is 0. The Kier molecular flexibility index (Phi) is 11.0. The van der Waals surface area contributed by atoms with Gasteiger partial charge in [-0.2, -0.15) is 5.26 Å². The minimum atomic E-state index is 0.111. The Morgan fingerprint density at radius 2 is 2.05 bits per heavy atom. The van der Waals surface area contributed by atoms with E-state index in [0.717, 1.165) is 12.8 Å². The molecule has 2 N–H and O–H groups in total. The Balaban J connectivity index is 4.31. The molecule has 0 aromatic rings. The summed E-state index contributed by atoms with van der Waals surface area (Å²) in [6.45, 7) is 6.56. The molecule has 0 saturated heterocycles. The van der Waals surface area contributed by atoms with Crippen LogP contribution in [-0.2, 0) is 9.53 Å². The number of carbonyl (C=O) groups excluding carboxylic acids is 1. The molecule has 0 spiro atoms. The molecule has 0 radical (unpaired) electrons. The molecule has 0 aromatic heterocycles. The summed E-state index contributed by atoms with van der Waals surface area (Å²) in [5.41, 5.74) is 5.62. The van der Waals surface area contributed by atoms with Crippen LogP contribution in [0.4, 0.5) is 0 Å². The summed E-state index contributed by atoms with van der Waals surface area (Å²) in [7, 11) is 1.61. The van der Waals surface area contributed by atoms with Crippen molar-refractivity contribution in [1.82, 2.24) is 4.90 Å². The lowest BCUT2D eigenvalue weighted by Crippen LogP contribution is -2.35. The van der Waals surface area contributed by atoms with Gasteiger partial charge in [-0.1, -0.05) is 13.8 Å². The van der Waals surface area contributed by atoms with Gasteiger partial charge in [-0.25, -0.2) is 0 Å². The number of amides is 1. The van der Waals surface area contributed by atoms with Crippen LogP contribution in [0.15, 0.2) is 0 Å². The maximum Gasteiger partial charge on any atom is 0.222 e. The maximum atomic E-state index is 12.2. The van der Waals surface area contributed by atoms with Gasteiger partial charge in [0.15, 0.2) is 0 Å². The highest BCUT2D eigenvalue weighted by Gasteiger charge is 2.17. The summed E-state index contributed by atoms with van der Waals surface area (Å²) < 4.78 is 5.01. The van der Waals surface area contributed by atoms with Crippen molar-refractivity contribution in [3.05, 3.63) is 0 Å². The zero-order valence-electron chi connectivity index (χ0n) is 13.1. The average molecular weight is 283 g/mol. The summed E-state index contributed by atoms with van der Waals surface area (Å²) in [4.78, 5) is 13.9. The van der Waals surface area contributed by atoms with E-state index in [0.29, 0.717) is 50.9 Å². The number of hydrogen-bond donors (Lipinski definition) is 1. The fourth-order valence-corrected chi connectivity index (χ4v) is 2.24. The number of carbonyl (C=O) groups is 1. The lowest BCUT2D eigenvalue weighted by atomic mass is 9.88. The molecule has 1 atom stereocenters. The molecule has 1 amide bonds. The van der Waals surface area contributed by atoms with Crippen molar-refractivity contribution in [2.24, 2.45) is 17.6 Å². The van der Waals surface area contributed by atoms with Gasteiger partial charge in [0.25, 0.3) is 0 Å². The summed E-state index contributed by atoms with van der Waals surface area (Å²) in [5.74, 6) is 1.14. The van der Waals surface area contributed by atoms with E-state index in [1.54, 1.807) is 12.0 Å². The van der Waals surface area contributed by atoms with Crippen molar-refractivity contribution < 1.29 is 9.53 Å². The van der Waals surface area contributed by atoms with Crippen molar-refractivity contribution in [2.45, 2.75) is 39.5 Å². The standard InChI is InChI=1S/C15H29N3O2/c1-13(2)14(7-9-17)5-6-15(19)18(10-4-8-16)11-12-20-3/h13-14H,4-7,9-12,17H2,1-3H3. The van der Waals surface area contributed by atoms with Gasteiger partial charge in [0.1, 0.15) is 0 Å². The molecule has 0 bridgehead atoms. The van der Waals surface area contributed by atoms with Gasteiger partial charge in [-0.05, 0) is 31.2 Å². The normalized spacial score (nSPS) is 12.2. The third-order valence-corrected chi connectivity index (χ3v) is 3.62. The van der Waals surface area contributed by atoms with Crippen LogP contribution in [0.1, 0.15) is 39.5 Å². The molecule has 0 saturated carbocycles. The van der Waals surface area contributed by atoms with Crippen LogP contribution < -0.4 is 5.73 Å². The Bertz CT molecular complexity index is 300. The smallest absolute Gasteiger partial charge is 0.222 e. The van der Waals surface area contributed by atoms with Crippen LogP contribution >= 0.6 is 0 Å². The fourth-order valence-electron chi connectivity index (χ4n) is 2.24. The van der Waals surface area contributed by atoms with Crippen molar-refractivity contribution in [1.29, 1.82) is 5.26 Å². The monoisotopic (exact) mass is 283 g/mol. The van der Waals surface area contributed by atoms with Crippen molar-refractivity contribution >= 4 is 5.91 Å². The molecule has 5 heteroatoms. The predicted molar refractivity (Wildman–Crippen MR) is 79.9 cm³/mol. The molecule has 0 aliphatic carbocycles. The van der Waals surface area contributed by atoms with Crippen LogP contribution in [0.5, 0.6) is 0 Å². The largest absolute Gasteiger partial charge is 0.383 e. The van der Waals surface area contributed by atoms with Gasteiger partial charge in [-0.15, -0.1) is 0 Å². The van der Waals surface area contributed by atoms with E-state index in [4.69, 9.17) is 15.7 Å². The lowest BCUT2D eigenvalue weighted by molar-refractivity contribution is -0.132. The van der Waals surface area contributed by atoms with Crippen LogP contribution in [0.25, 0.3) is 0 Å². The van der Waals surface area contributed by atoms with Crippen LogP contribution in [0.2, 0.25) is 0 Å². The van der Waals surface area contributed by atoms with Gasteiger partial charge in [0.2, 0.25) is 5.91 Å². The first kappa shape index (κ1) is 18.9. The summed E-state index contributed by atoms with van der Waals surface area (Å²) in [5, 5.41) is 8.65. The fraction of sp³-hybridized carbons (Fsp3) is 0.867. The zero-order chi connectivity index (χ0) is 15.4. The number of methoxy groups -OCH3 is 1. The number of rotatable bonds is 11. The Hall–Kier alpha value is -1.12. The number of nitriles is 1. The van der Waals surface area contributed by atoms with E-state index in [1.807, 2.05) is 0 Å². The molecule has 1 unspecified atom stereocenters. The third-order valence-electron chi connectivity index (χ3n) is 3.62. The maximum absolute atomic E-state index is 12.2. The average Bonchev–Trinajstić information content (AvgIpc) is 2.43. The summed E-state index contributed by atoms with van der Waals surface area (Å²) in [6, 6.07) is 2.08. The van der Waals surface area contributed by atoms with E-state index in [-0.39, 0.29) is 5.91 Å². The molecule has 5 nitrogen and oxygen atoms in total. The first-order chi connectivity index (χ1) is 9.56. The third kappa shape index (κ3) is 8.13. The van der Waals surface area contributed by atoms with Gasteiger partial charge < -0.3 is 15.4 Å². The zero-order valence-corrected chi connectivity index (χ0v) is 13.1. The molecule has 0 aliphatic heterocycles. The highest BCUT2D eigenvalue weighted by atomic mass is 16.5. The molecular weight excluding hydrogens is 254 g/mol. The second-order valence-corrected chi connectivity index (χ2v) is 5.40. The molecule has 0 rings (SSSR count). The van der Waals surface area contributed by atoms with Crippen molar-refractivity contribution in [3.8, 4) is 6.07 Å². The number of nitrogens with two attached hydrogens (primary N) is 1. The van der Waals surface area contributed by atoms with Crippen LogP contribution in [-0.4, -0.2) is 44.2 Å². The molecule has 0 aliphatic rings. The van der Waals surface area contributed by atoms with E-state index in [2.05, 4.69) is 19.9 Å². The Morgan fingerprint density at radius 3 is 2.55 bits per heavy atom. The topological polar surface area (TPSA) is 79.3 Å². The Labute approximate surface area is 123 Å². The molecular formula is C15H29N3O2. The van der Waals surface area contributed by atoms with Gasteiger partial charge >= 0.3 is 0 Å². The summed E-state index contributed by atoms with van der Waals surface area (Å²) in [6.07, 6.45) is 2.72. The predicted octanol–water partition coefficient (Wildman–Crippen LogP) is 1.78. The van der Waals surface area contributed by atoms with Crippen LogP contribution in [0.3, 0.4) is 0 Å². The van der Waals surface area contributed by atoms with Gasteiger partial charge in [0.05, 0.1) is 19.1 Å². The van der Waals surface area contributed by atoms with E-state index < -0.39 is 0 Å². The number of nitrogens with zero attached hydrogens (tertiary/aromatic N) is 2. The molecule has 0 fully saturated rings. The molecule has 20 heavy (non-hydrogen) atoms. The van der Waals surface area contributed by atoms with Crippen molar-refractivity contribution in [2.75, 3.05) is 33.4 Å².